The van der Waals surface area contributed by atoms with Crippen molar-refractivity contribution in [3.8, 4) is 0 Å². The summed E-state index contributed by atoms with van der Waals surface area (Å²) in [6, 6.07) is 3.25. The van der Waals surface area contributed by atoms with E-state index in [0.29, 0.717) is 29.7 Å². The van der Waals surface area contributed by atoms with E-state index in [1.165, 1.54) is 0 Å². The number of hydrogen-bond donors (Lipinski definition) is 1. The fourth-order valence-electron chi connectivity index (χ4n) is 2.21. The van der Waals surface area contributed by atoms with Crippen LogP contribution in [0.3, 0.4) is 0 Å². The van der Waals surface area contributed by atoms with Crippen LogP contribution in [0.4, 0.5) is 0 Å². The molecule has 5 nitrogen and oxygen atoms in total. The van der Waals surface area contributed by atoms with Crippen molar-refractivity contribution in [2.45, 2.75) is 26.3 Å². The smallest absolute Gasteiger partial charge is 0.274 e. The van der Waals surface area contributed by atoms with Crippen LogP contribution >= 0.6 is 15.9 Å². The van der Waals surface area contributed by atoms with E-state index in [9.17, 15) is 9.59 Å². The summed E-state index contributed by atoms with van der Waals surface area (Å²) in [5.41, 5.74) is 1.14. The van der Waals surface area contributed by atoms with E-state index in [4.69, 9.17) is 0 Å². The van der Waals surface area contributed by atoms with Gasteiger partial charge in [0.1, 0.15) is 11.7 Å². The Morgan fingerprint density at radius 2 is 2.32 bits per heavy atom. The van der Waals surface area contributed by atoms with Gasteiger partial charge < -0.3 is 10.2 Å². The Morgan fingerprint density at radius 3 is 2.89 bits per heavy atom. The van der Waals surface area contributed by atoms with E-state index in [1.54, 1.807) is 11.0 Å². The standard InChI is InChI=1S/C13H16BrN3O2/c1-3-17(10-6-7-15-12(10)18)13(19)11-9(14)5-4-8(2)16-11/h4-5,10H,3,6-7H2,1-2H3,(H,15,18)/t10-/m0/s1. The molecule has 0 aliphatic carbocycles. The van der Waals surface area contributed by atoms with Crippen LogP contribution in [0.1, 0.15) is 29.5 Å². The number of rotatable bonds is 3. The van der Waals surface area contributed by atoms with Crippen LogP contribution in [-0.2, 0) is 4.79 Å². The van der Waals surface area contributed by atoms with Gasteiger partial charge in [-0.15, -0.1) is 0 Å². The monoisotopic (exact) mass is 325 g/mol. The summed E-state index contributed by atoms with van der Waals surface area (Å²) in [6.45, 7) is 4.81. The highest BCUT2D eigenvalue weighted by atomic mass is 79.9. The number of pyridine rings is 1. The lowest BCUT2D eigenvalue weighted by Gasteiger charge is -2.25. The first-order valence-electron chi connectivity index (χ1n) is 6.26. The van der Waals surface area contributed by atoms with Crippen molar-refractivity contribution in [2.75, 3.05) is 13.1 Å². The van der Waals surface area contributed by atoms with Crippen molar-refractivity contribution in [3.05, 3.63) is 28.0 Å². The molecule has 102 valence electrons. The van der Waals surface area contributed by atoms with E-state index < -0.39 is 0 Å². The van der Waals surface area contributed by atoms with Crippen LogP contribution in [0, 0.1) is 6.92 Å². The summed E-state index contributed by atoms with van der Waals surface area (Å²) in [5.74, 6) is -0.292. The molecular formula is C13H16BrN3O2. The Balaban J connectivity index is 2.30. The predicted molar refractivity (Wildman–Crippen MR) is 74.8 cm³/mol. The molecule has 19 heavy (non-hydrogen) atoms. The molecular weight excluding hydrogens is 310 g/mol. The van der Waals surface area contributed by atoms with Crippen molar-refractivity contribution < 1.29 is 9.59 Å². The molecule has 1 aliphatic heterocycles. The molecule has 1 aromatic heterocycles. The number of hydrogen-bond acceptors (Lipinski definition) is 3. The lowest BCUT2D eigenvalue weighted by molar-refractivity contribution is -0.123. The van der Waals surface area contributed by atoms with Gasteiger partial charge in [-0.1, -0.05) is 0 Å². The molecule has 2 heterocycles. The Hall–Kier alpha value is -1.43. The summed E-state index contributed by atoms with van der Waals surface area (Å²) in [4.78, 5) is 30.1. The van der Waals surface area contributed by atoms with Crippen molar-refractivity contribution in [1.82, 2.24) is 15.2 Å². The van der Waals surface area contributed by atoms with Crippen LogP contribution in [0.5, 0.6) is 0 Å². The normalized spacial score (nSPS) is 18.3. The quantitative estimate of drug-likeness (QED) is 0.916. The number of aromatic nitrogens is 1. The number of carbonyl (C=O) groups excluding carboxylic acids is 2. The number of carbonyl (C=O) groups is 2. The van der Waals surface area contributed by atoms with Gasteiger partial charge in [0, 0.05) is 23.3 Å². The Morgan fingerprint density at radius 1 is 1.58 bits per heavy atom. The van der Waals surface area contributed by atoms with Gasteiger partial charge in [-0.25, -0.2) is 4.98 Å². The molecule has 2 rings (SSSR count). The first-order valence-corrected chi connectivity index (χ1v) is 7.05. The third kappa shape index (κ3) is 2.78. The number of nitrogens with zero attached hydrogens (tertiary/aromatic N) is 2. The summed E-state index contributed by atoms with van der Waals surface area (Å²) in [6.07, 6.45) is 0.655. The first-order chi connectivity index (χ1) is 9.04. The summed E-state index contributed by atoms with van der Waals surface area (Å²) >= 11 is 3.34. The van der Waals surface area contributed by atoms with Crippen LogP contribution in [0.15, 0.2) is 16.6 Å². The van der Waals surface area contributed by atoms with Gasteiger partial charge in [0.05, 0.1) is 0 Å². The number of likely N-dealkylation sites (N-methyl/N-ethyl adjacent to an activating group) is 1. The maximum Gasteiger partial charge on any atom is 0.274 e. The highest BCUT2D eigenvalue weighted by Crippen LogP contribution is 2.20. The fourth-order valence-corrected chi connectivity index (χ4v) is 2.60. The molecule has 0 unspecified atom stereocenters. The number of halogens is 1. The highest BCUT2D eigenvalue weighted by Gasteiger charge is 2.33. The average Bonchev–Trinajstić information content (AvgIpc) is 2.80. The van der Waals surface area contributed by atoms with Crippen LogP contribution < -0.4 is 5.32 Å². The molecule has 0 spiro atoms. The highest BCUT2D eigenvalue weighted by molar-refractivity contribution is 9.10. The van der Waals surface area contributed by atoms with Gasteiger partial charge in [0.2, 0.25) is 5.91 Å². The first kappa shape index (κ1) is 14.0. The Labute approximate surface area is 120 Å². The maximum atomic E-state index is 12.5. The molecule has 2 amide bonds. The lowest BCUT2D eigenvalue weighted by atomic mass is 10.2. The summed E-state index contributed by atoms with van der Waals surface area (Å²) in [7, 11) is 0. The summed E-state index contributed by atoms with van der Waals surface area (Å²) < 4.78 is 0.653. The van der Waals surface area contributed by atoms with E-state index in [1.807, 2.05) is 19.9 Å². The molecule has 1 aromatic rings. The minimum atomic E-state index is -0.383. The zero-order chi connectivity index (χ0) is 14.0. The summed E-state index contributed by atoms with van der Waals surface area (Å²) in [5, 5.41) is 2.75. The molecule has 0 saturated carbocycles. The van der Waals surface area contributed by atoms with E-state index in [2.05, 4.69) is 26.2 Å². The number of aryl methyl sites for hydroxylation is 1. The predicted octanol–water partition coefficient (Wildman–Crippen LogP) is 1.50. The molecule has 0 radical (unpaired) electrons. The zero-order valence-electron chi connectivity index (χ0n) is 10.9. The van der Waals surface area contributed by atoms with Crippen molar-refractivity contribution in [3.63, 3.8) is 0 Å². The second kappa shape index (κ2) is 5.69. The second-order valence-corrected chi connectivity index (χ2v) is 5.32. The van der Waals surface area contributed by atoms with Crippen molar-refractivity contribution >= 4 is 27.7 Å². The van der Waals surface area contributed by atoms with Gasteiger partial charge in [-0.3, -0.25) is 9.59 Å². The van der Waals surface area contributed by atoms with Crippen LogP contribution in [0.2, 0.25) is 0 Å². The van der Waals surface area contributed by atoms with Crippen molar-refractivity contribution in [1.29, 1.82) is 0 Å². The Kier molecular flexibility index (Phi) is 4.19. The van der Waals surface area contributed by atoms with Crippen LogP contribution in [0.25, 0.3) is 0 Å². The largest absolute Gasteiger partial charge is 0.354 e. The fraction of sp³-hybridized carbons (Fsp3) is 0.462. The molecule has 0 bridgehead atoms. The van der Waals surface area contributed by atoms with Gasteiger partial charge in [-0.05, 0) is 48.3 Å². The number of nitrogens with one attached hydrogen (secondary N) is 1. The molecule has 1 atom stereocenters. The Bertz CT molecular complexity index is 519. The van der Waals surface area contributed by atoms with Gasteiger partial charge >= 0.3 is 0 Å². The third-order valence-corrected chi connectivity index (χ3v) is 3.83. The van der Waals surface area contributed by atoms with E-state index in [-0.39, 0.29) is 17.9 Å². The molecule has 0 aromatic carbocycles. The molecule has 1 fully saturated rings. The second-order valence-electron chi connectivity index (χ2n) is 4.47. The minimum Gasteiger partial charge on any atom is -0.354 e. The maximum absolute atomic E-state index is 12.5. The SMILES string of the molecule is CCN(C(=O)c1nc(C)ccc1Br)[C@H]1CCNC1=O. The molecule has 1 aliphatic rings. The molecule has 6 heteroatoms. The zero-order valence-corrected chi connectivity index (χ0v) is 12.5. The van der Waals surface area contributed by atoms with Gasteiger partial charge in [-0.2, -0.15) is 0 Å². The van der Waals surface area contributed by atoms with Crippen LogP contribution in [-0.4, -0.2) is 40.8 Å². The molecule has 1 N–H and O–H groups in total. The van der Waals surface area contributed by atoms with Gasteiger partial charge in [0.15, 0.2) is 0 Å². The van der Waals surface area contributed by atoms with Crippen molar-refractivity contribution in [2.24, 2.45) is 0 Å². The minimum absolute atomic E-state index is 0.0843. The number of amides is 2. The topological polar surface area (TPSA) is 62.3 Å². The van der Waals surface area contributed by atoms with Gasteiger partial charge in [0.25, 0.3) is 5.91 Å². The van der Waals surface area contributed by atoms with E-state index >= 15 is 0 Å². The molecule has 1 saturated heterocycles. The van der Waals surface area contributed by atoms with E-state index in [0.717, 1.165) is 5.69 Å². The average molecular weight is 326 g/mol. The lowest BCUT2D eigenvalue weighted by Crippen LogP contribution is -2.44. The third-order valence-electron chi connectivity index (χ3n) is 3.19.